The van der Waals surface area contributed by atoms with Gasteiger partial charge in [-0.2, -0.15) is 0 Å². The van der Waals surface area contributed by atoms with Crippen molar-refractivity contribution in [3.8, 4) is 0 Å². The molecule has 0 fully saturated rings. The number of carbonyl (C=O) groups is 1. The number of anilines is 2. The van der Waals surface area contributed by atoms with Crippen LogP contribution in [0.3, 0.4) is 0 Å². The summed E-state index contributed by atoms with van der Waals surface area (Å²) in [5.41, 5.74) is 4.11. The van der Waals surface area contributed by atoms with Crippen LogP contribution in [0.25, 0.3) is 5.57 Å². The molecule has 3 nitrogen and oxygen atoms in total. The van der Waals surface area contributed by atoms with Gasteiger partial charge in [-0.15, -0.1) is 0 Å². The van der Waals surface area contributed by atoms with E-state index in [1.165, 1.54) is 5.57 Å². The fourth-order valence-electron chi connectivity index (χ4n) is 2.76. The van der Waals surface area contributed by atoms with Crippen molar-refractivity contribution in [1.82, 2.24) is 0 Å². The number of rotatable bonds is 1. The molecule has 1 aromatic carbocycles. The van der Waals surface area contributed by atoms with Gasteiger partial charge in [0.25, 0.3) is 0 Å². The Labute approximate surface area is 109 Å². The largest absolute Gasteiger partial charge is 0.434 e. The molecule has 0 saturated carbocycles. The molecular weight excluding hydrogens is 223 g/mol. The maximum atomic E-state index is 11.9. The van der Waals surface area contributed by atoms with E-state index in [-0.39, 0.29) is 11.4 Å². The van der Waals surface area contributed by atoms with Crippen LogP contribution in [0.15, 0.2) is 24.3 Å². The third-order valence-corrected chi connectivity index (χ3v) is 3.41. The zero-order chi connectivity index (χ0) is 13.5. The minimum absolute atomic E-state index is 0.0715. The van der Waals surface area contributed by atoms with E-state index < -0.39 is 0 Å². The Hall–Kier alpha value is -1.71. The zero-order valence-electron chi connectivity index (χ0n) is 11.7. The van der Waals surface area contributed by atoms with Gasteiger partial charge in [0.2, 0.25) is 13.9 Å². The molecule has 1 aromatic rings. The van der Waals surface area contributed by atoms with Crippen LogP contribution in [0, 0.1) is 0 Å². The summed E-state index contributed by atoms with van der Waals surface area (Å²) in [5.74, 6) is 0.0715. The predicted octanol–water partition coefficient (Wildman–Crippen LogP) is 2.20. The summed E-state index contributed by atoms with van der Waals surface area (Å²) in [7, 11) is 1.90. The molecule has 2 rings (SSSR count). The van der Waals surface area contributed by atoms with Crippen molar-refractivity contribution in [2.75, 3.05) is 10.1 Å². The first-order valence-corrected chi connectivity index (χ1v) is 6.19. The fourth-order valence-corrected chi connectivity index (χ4v) is 2.76. The lowest BCUT2D eigenvalue weighted by Gasteiger charge is -2.41. The lowest BCUT2D eigenvalue weighted by atomic mass is 9.88. The van der Waals surface area contributed by atoms with Gasteiger partial charge in [0.1, 0.15) is 0 Å². The number of nitrogens with one attached hydrogen (secondary N) is 1. The van der Waals surface area contributed by atoms with Crippen LogP contribution in [0.1, 0.15) is 33.3 Å². The molecule has 94 valence electrons. The molecule has 0 aliphatic carbocycles. The van der Waals surface area contributed by atoms with Crippen LogP contribution in [-0.4, -0.2) is 19.4 Å². The molecule has 0 aromatic heterocycles. The molecular formula is C14H19BN2O. The lowest BCUT2D eigenvalue weighted by Crippen LogP contribution is -2.47. The third kappa shape index (κ3) is 1.92. The monoisotopic (exact) mass is 242 g/mol. The topological polar surface area (TPSA) is 32.3 Å². The van der Waals surface area contributed by atoms with E-state index in [1.807, 2.05) is 25.0 Å². The van der Waals surface area contributed by atoms with Crippen molar-refractivity contribution >= 4 is 30.8 Å². The molecule has 1 N–H and O–H groups in total. The molecule has 0 spiro atoms. The molecule has 0 unspecified atom stereocenters. The van der Waals surface area contributed by atoms with E-state index in [1.54, 1.807) is 6.92 Å². The first kappa shape index (κ1) is 12.7. The standard InChI is InChI=1S/C14H19BN2O/c1-9-8-14(3,4)17(10(2)18)13-6-5-11(16-15)7-12(9)13/h5-8,16H,15H2,1-4H3. The molecule has 0 saturated heterocycles. The average molecular weight is 242 g/mol. The second-order valence-corrected chi connectivity index (χ2v) is 5.32. The molecule has 0 radical (unpaired) electrons. The van der Waals surface area contributed by atoms with Gasteiger partial charge in [-0.3, -0.25) is 4.79 Å². The first-order chi connectivity index (χ1) is 8.36. The number of allylic oxidation sites excluding steroid dienone is 1. The summed E-state index contributed by atoms with van der Waals surface area (Å²) in [6, 6.07) is 6.11. The predicted molar refractivity (Wildman–Crippen MR) is 79.5 cm³/mol. The van der Waals surface area contributed by atoms with Crippen molar-refractivity contribution in [1.29, 1.82) is 0 Å². The summed E-state index contributed by atoms with van der Waals surface area (Å²) in [5, 5.41) is 3.13. The number of hydrogen-bond acceptors (Lipinski definition) is 2. The minimum atomic E-state index is -0.274. The van der Waals surface area contributed by atoms with Gasteiger partial charge >= 0.3 is 0 Å². The Morgan fingerprint density at radius 3 is 2.61 bits per heavy atom. The number of nitrogens with zero attached hydrogens (tertiary/aromatic N) is 1. The molecule has 18 heavy (non-hydrogen) atoms. The second kappa shape index (κ2) is 4.20. The van der Waals surface area contributed by atoms with Crippen LogP contribution in [0.2, 0.25) is 0 Å². The Balaban J connectivity index is 2.65. The van der Waals surface area contributed by atoms with Crippen LogP contribution in [-0.2, 0) is 4.79 Å². The Morgan fingerprint density at radius 2 is 2.06 bits per heavy atom. The average Bonchev–Trinajstić information content (AvgIpc) is 2.26. The summed E-state index contributed by atoms with van der Waals surface area (Å²) < 4.78 is 0. The van der Waals surface area contributed by atoms with Gasteiger partial charge in [-0.05, 0) is 44.5 Å². The third-order valence-electron chi connectivity index (χ3n) is 3.41. The summed E-state index contributed by atoms with van der Waals surface area (Å²) in [6.45, 7) is 7.84. The molecule has 1 heterocycles. The highest BCUT2D eigenvalue weighted by Crippen LogP contribution is 2.39. The normalized spacial score (nSPS) is 16.9. The van der Waals surface area contributed by atoms with Crippen LogP contribution in [0.4, 0.5) is 11.4 Å². The maximum absolute atomic E-state index is 11.9. The van der Waals surface area contributed by atoms with E-state index in [9.17, 15) is 4.79 Å². The molecule has 0 atom stereocenters. The van der Waals surface area contributed by atoms with Gasteiger partial charge in [0.15, 0.2) is 0 Å². The van der Waals surface area contributed by atoms with E-state index in [2.05, 4.69) is 38.1 Å². The van der Waals surface area contributed by atoms with Crippen molar-refractivity contribution in [3.63, 3.8) is 0 Å². The van der Waals surface area contributed by atoms with Crippen molar-refractivity contribution in [2.24, 2.45) is 0 Å². The van der Waals surface area contributed by atoms with Crippen molar-refractivity contribution in [3.05, 3.63) is 29.8 Å². The number of amides is 1. The first-order valence-electron chi connectivity index (χ1n) is 6.19. The number of carbonyl (C=O) groups excluding carboxylic acids is 1. The molecule has 0 bridgehead atoms. The minimum Gasteiger partial charge on any atom is -0.434 e. The zero-order valence-corrected chi connectivity index (χ0v) is 11.7. The smallest absolute Gasteiger partial charge is 0.224 e. The van der Waals surface area contributed by atoms with Gasteiger partial charge in [0.05, 0.1) is 11.2 Å². The Kier molecular flexibility index (Phi) is 2.97. The number of hydrogen-bond donors (Lipinski definition) is 1. The van der Waals surface area contributed by atoms with E-state index >= 15 is 0 Å². The highest BCUT2D eigenvalue weighted by atomic mass is 16.2. The van der Waals surface area contributed by atoms with Gasteiger partial charge < -0.3 is 10.1 Å². The maximum Gasteiger partial charge on any atom is 0.224 e. The fraction of sp³-hybridized carbons (Fsp3) is 0.357. The van der Waals surface area contributed by atoms with E-state index in [4.69, 9.17) is 0 Å². The molecule has 4 heteroatoms. The van der Waals surface area contributed by atoms with Gasteiger partial charge in [0, 0.05) is 18.2 Å². The van der Waals surface area contributed by atoms with Crippen molar-refractivity contribution in [2.45, 2.75) is 33.2 Å². The van der Waals surface area contributed by atoms with Crippen molar-refractivity contribution < 1.29 is 4.79 Å². The van der Waals surface area contributed by atoms with Crippen LogP contribution in [0.5, 0.6) is 0 Å². The molecule has 1 aliphatic heterocycles. The summed E-state index contributed by atoms with van der Waals surface area (Å²) in [6.07, 6.45) is 2.15. The van der Waals surface area contributed by atoms with Crippen LogP contribution < -0.4 is 10.1 Å². The van der Waals surface area contributed by atoms with Gasteiger partial charge in [-0.1, -0.05) is 6.08 Å². The lowest BCUT2D eigenvalue weighted by molar-refractivity contribution is -0.117. The highest BCUT2D eigenvalue weighted by molar-refractivity contribution is 6.16. The quantitative estimate of drug-likeness (QED) is 0.765. The number of benzene rings is 1. The Morgan fingerprint density at radius 1 is 1.39 bits per heavy atom. The van der Waals surface area contributed by atoms with E-state index in [0.29, 0.717) is 0 Å². The highest BCUT2D eigenvalue weighted by Gasteiger charge is 2.33. The summed E-state index contributed by atoms with van der Waals surface area (Å²) >= 11 is 0. The van der Waals surface area contributed by atoms with E-state index in [0.717, 1.165) is 16.9 Å². The molecule has 1 aliphatic rings. The SMILES string of the molecule is BNc1ccc2c(c1)C(C)=CC(C)(C)N2C(C)=O. The van der Waals surface area contributed by atoms with Crippen LogP contribution >= 0.6 is 0 Å². The summed E-state index contributed by atoms with van der Waals surface area (Å²) in [4.78, 5) is 13.8. The number of fused-ring (bicyclic) bond motifs is 1. The van der Waals surface area contributed by atoms with Gasteiger partial charge in [-0.25, -0.2) is 0 Å². The Bertz CT molecular complexity index is 535. The second-order valence-electron chi connectivity index (χ2n) is 5.32. The molecule has 1 amide bonds.